The van der Waals surface area contributed by atoms with Crippen molar-refractivity contribution in [2.75, 3.05) is 31.5 Å². The Morgan fingerprint density at radius 1 is 1.26 bits per heavy atom. The molecule has 2 aliphatic heterocycles. The standard InChI is InChI=1S/C17H18BrClN4/c18-12-3-4-15-16(10-12)21-11-13-14(22-15)2-1-5-17(13,19)23-8-6-20-7-9-23/h1-4,10-11,20-21H,5-9H2. The second kappa shape index (κ2) is 6.06. The fourth-order valence-electron chi connectivity index (χ4n) is 3.32. The van der Waals surface area contributed by atoms with Crippen molar-refractivity contribution < 1.29 is 0 Å². The fraction of sp³-hybridized carbons (Fsp3) is 0.353. The predicted octanol–water partition coefficient (Wildman–Crippen LogP) is 3.63. The highest BCUT2D eigenvalue weighted by molar-refractivity contribution is 9.10. The number of piperazine rings is 1. The van der Waals surface area contributed by atoms with Gasteiger partial charge in [0.05, 0.1) is 17.1 Å². The van der Waals surface area contributed by atoms with Gasteiger partial charge in [-0.1, -0.05) is 33.6 Å². The van der Waals surface area contributed by atoms with Crippen molar-refractivity contribution in [2.45, 2.75) is 11.4 Å². The van der Waals surface area contributed by atoms with Gasteiger partial charge in [-0.05, 0) is 24.3 Å². The average molecular weight is 394 g/mol. The second-order valence-electron chi connectivity index (χ2n) is 5.96. The van der Waals surface area contributed by atoms with Crippen LogP contribution in [0.4, 0.5) is 11.4 Å². The Bertz CT molecular complexity index is 721. The van der Waals surface area contributed by atoms with Crippen LogP contribution >= 0.6 is 27.5 Å². The summed E-state index contributed by atoms with van der Waals surface area (Å²) in [5.74, 6) is 0. The summed E-state index contributed by atoms with van der Waals surface area (Å²) in [6, 6.07) is 6.06. The van der Waals surface area contributed by atoms with Crippen molar-refractivity contribution in [2.24, 2.45) is 4.99 Å². The number of benzene rings is 1. The molecule has 3 aliphatic rings. The molecular weight excluding hydrogens is 376 g/mol. The van der Waals surface area contributed by atoms with Crippen molar-refractivity contribution in [1.82, 2.24) is 10.2 Å². The van der Waals surface area contributed by atoms with Gasteiger partial charge in [-0.15, -0.1) is 0 Å². The van der Waals surface area contributed by atoms with Crippen LogP contribution in [0.2, 0.25) is 0 Å². The van der Waals surface area contributed by atoms with E-state index >= 15 is 0 Å². The van der Waals surface area contributed by atoms with Crippen LogP contribution in [0.3, 0.4) is 0 Å². The third-order valence-electron chi connectivity index (χ3n) is 4.54. The molecule has 6 heteroatoms. The predicted molar refractivity (Wildman–Crippen MR) is 99.7 cm³/mol. The number of nitrogens with zero attached hydrogens (tertiary/aromatic N) is 2. The zero-order valence-corrected chi connectivity index (χ0v) is 15.0. The molecule has 0 aromatic heterocycles. The van der Waals surface area contributed by atoms with Gasteiger partial charge < -0.3 is 10.6 Å². The van der Waals surface area contributed by atoms with E-state index in [-0.39, 0.29) is 0 Å². The Morgan fingerprint density at radius 2 is 2.09 bits per heavy atom. The van der Waals surface area contributed by atoms with Crippen molar-refractivity contribution in [3.05, 3.63) is 46.6 Å². The average Bonchev–Trinajstić information content (AvgIpc) is 2.75. The molecule has 0 saturated carbocycles. The number of allylic oxidation sites excluding steroid dienone is 1. The van der Waals surface area contributed by atoms with E-state index in [1.807, 2.05) is 24.4 Å². The van der Waals surface area contributed by atoms with Crippen LogP contribution in [-0.4, -0.2) is 41.8 Å². The molecule has 1 fully saturated rings. The maximum Gasteiger partial charge on any atom is 0.129 e. The Balaban J connectivity index is 1.76. The maximum absolute atomic E-state index is 7.12. The minimum Gasteiger partial charge on any atom is -0.359 e. The van der Waals surface area contributed by atoms with Crippen LogP contribution in [0.15, 0.2) is 51.6 Å². The van der Waals surface area contributed by atoms with Gasteiger partial charge in [0.2, 0.25) is 0 Å². The van der Waals surface area contributed by atoms with Crippen LogP contribution in [-0.2, 0) is 0 Å². The first-order valence-electron chi connectivity index (χ1n) is 7.84. The third kappa shape index (κ3) is 2.76. The van der Waals surface area contributed by atoms with Crippen LogP contribution < -0.4 is 10.6 Å². The van der Waals surface area contributed by atoms with Gasteiger partial charge in [-0.2, -0.15) is 0 Å². The summed E-state index contributed by atoms with van der Waals surface area (Å²) in [7, 11) is 0. The summed E-state index contributed by atoms with van der Waals surface area (Å²) < 4.78 is 1.03. The molecular formula is C17H18BrClN4. The molecule has 0 spiro atoms. The van der Waals surface area contributed by atoms with Crippen molar-refractivity contribution in [3.8, 4) is 0 Å². The molecule has 120 valence electrons. The topological polar surface area (TPSA) is 39.7 Å². The lowest BCUT2D eigenvalue weighted by Crippen LogP contribution is -2.55. The van der Waals surface area contributed by atoms with E-state index in [4.69, 9.17) is 16.6 Å². The Morgan fingerprint density at radius 3 is 2.91 bits per heavy atom. The highest BCUT2D eigenvalue weighted by atomic mass is 79.9. The minimum atomic E-state index is -0.526. The highest BCUT2D eigenvalue weighted by Gasteiger charge is 2.42. The molecule has 0 radical (unpaired) electrons. The molecule has 2 heterocycles. The van der Waals surface area contributed by atoms with Gasteiger partial charge in [0.25, 0.3) is 0 Å². The lowest BCUT2D eigenvalue weighted by molar-refractivity contribution is 0.170. The molecule has 1 aromatic carbocycles. The number of fused-ring (bicyclic) bond motifs is 2. The molecule has 4 rings (SSSR count). The van der Waals surface area contributed by atoms with Gasteiger partial charge in [0, 0.05) is 48.8 Å². The normalized spacial score (nSPS) is 27.2. The Hall–Kier alpha value is -1.14. The number of rotatable bonds is 1. The summed E-state index contributed by atoms with van der Waals surface area (Å²) in [5.41, 5.74) is 3.91. The van der Waals surface area contributed by atoms with E-state index in [2.05, 4.69) is 43.6 Å². The van der Waals surface area contributed by atoms with Crippen molar-refractivity contribution >= 4 is 44.6 Å². The quantitative estimate of drug-likeness (QED) is 0.565. The Kier molecular flexibility index (Phi) is 4.05. The van der Waals surface area contributed by atoms with E-state index in [1.54, 1.807) is 0 Å². The molecule has 1 saturated heterocycles. The first-order chi connectivity index (χ1) is 11.2. The molecule has 1 aliphatic carbocycles. The lowest BCUT2D eigenvalue weighted by atomic mass is 9.91. The number of halogens is 2. The zero-order chi connectivity index (χ0) is 15.9. The summed E-state index contributed by atoms with van der Waals surface area (Å²) in [5, 5.41) is 6.78. The monoisotopic (exact) mass is 392 g/mol. The molecule has 0 amide bonds. The van der Waals surface area contributed by atoms with Gasteiger partial charge in [0.15, 0.2) is 0 Å². The van der Waals surface area contributed by atoms with Crippen molar-refractivity contribution in [1.29, 1.82) is 0 Å². The molecule has 2 N–H and O–H groups in total. The number of anilines is 1. The first kappa shape index (κ1) is 15.4. The smallest absolute Gasteiger partial charge is 0.129 e. The third-order valence-corrected chi connectivity index (χ3v) is 5.63. The minimum absolute atomic E-state index is 0.526. The van der Waals surface area contributed by atoms with E-state index in [9.17, 15) is 0 Å². The fourth-order valence-corrected chi connectivity index (χ4v) is 4.10. The SMILES string of the molecule is ClC1(N2CCNCC2)CC=CC2=Nc3ccc(Br)cc3NC=C21. The zero-order valence-electron chi connectivity index (χ0n) is 12.6. The van der Waals surface area contributed by atoms with E-state index in [1.165, 1.54) is 0 Å². The molecule has 1 atom stereocenters. The first-order valence-corrected chi connectivity index (χ1v) is 9.01. The number of aliphatic imine (C=N–C) groups is 1. The second-order valence-corrected chi connectivity index (χ2v) is 7.50. The molecule has 23 heavy (non-hydrogen) atoms. The maximum atomic E-state index is 7.12. The summed E-state index contributed by atoms with van der Waals surface area (Å²) in [4.78, 5) is 6.67. The van der Waals surface area contributed by atoms with Crippen LogP contribution in [0.5, 0.6) is 0 Å². The van der Waals surface area contributed by atoms with Crippen LogP contribution in [0.1, 0.15) is 6.42 Å². The molecule has 0 bridgehead atoms. The molecule has 1 aromatic rings. The lowest BCUT2D eigenvalue weighted by Gasteiger charge is -2.43. The number of nitrogens with one attached hydrogen (secondary N) is 2. The Labute approximate surface area is 149 Å². The van der Waals surface area contributed by atoms with Gasteiger partial charge in [-0.25, -0.2) is 4.99 Å². The molecule has 4 nitrogen and oxygen atoms in total. The van der Waals surface area contributed by atoms with E-state index in [0.717, 1.165) is 59.7 Å². The van der Waals surface area contributed by atoms with Crippen LogP contribution in [0.25, 0.3) is 0 Å². The van der Waals surface area contributed by atoms with Crippen LogP contribution in [0, 0.1) is 0 Å². The summed E-state index contributed by atoms with van der Waals surface area (Å²) >= 11 is 10.6. The largest absolute Gasteiger partial charge is 0.359 e. The summed E-state index contributed by atoms with van der Waals surface area (Å²) in [6.45, 7) is 3.83. The van der Waals surface area contributed by atoms with Gasteiger partial charge in [-0.3, -0.25) is 4.90 Å². The van der Waals surface area contributed by atoms with Crippen molar-refractivity contribution in [3.63, 3.8) is 0 Å². The number of hydrogen-bond donors (Lipinski definition) is 2. The number of hydrogen-bond acceptors (Lipinski definition) is 4. The summed E-state index contributed by atoms with van der Waals surface area (Å²) in [6.07, 6.45) is 7.03. The van der Waals surface area contributed by atoms with Gasteiger partial charge in [0.1, 0.15) is 5.00 Å². The molecule has 1 unspecified atom stereocenters. The van der Waals surface area contributed by atoms with Gasteiger partial charge >= 0.3 is 0 Å². The number of alkyl halides is 1. The van der Waals surface area contributed by atoms with E-state index < -0.39 is 5.00 Å². The highest BCUT2D eigenvalue weighted by Crippen LogP contribution is 2.41. The van der Waals surface area contributed by atoms with E-state index in [0.29, 0.717) is 0 Å².